The minimum atomic E-state index is 0.492. The molecule has 3 aromatic rings. The van der Waals surface area contributed by atoms with E-state index in [1.165, 1.54) is 0 Å². The number of hydrogen-bond donors (Lipinski definition) is 2. The van der Waals surface area contributed by atoms with Crippen LogP contribution in [0.5, 0.6) is 0 Å². The average Bonchev–Trinajstić information content (AvgIpc) is 2.99. The van der Waals surface area contributed by atoms with E-state index in [2.05, 4.69) is 31.7 Å². The van der Waals surface area contributed by atoms with E-state index in [0.29, 0.717) is 21.7 Å². The molecule has 1 heterocycles. The Morgan fingerprint density at radius 2 is 1.80 bits per heavy atom. The summed E-state index contributed by atoms with van der Waals surface area (Å²) in [5.41, 5.74) is 2.64. The zero-order chi connectivity index (χ0) is 17.8. The van der Waals surface area contributed by atoms with Gasteiger partial charge in [-0.15, -0.1) is 0 Å². The largest absolute Gasteiger partial charge is 0.332 e. The van der Waals surface area contributed by atoms with Crippen LogP contribution in [0.25, 0.3) is 0 Å². The molecule has 0 aliphatic carbocycles. The Morgan fingerprint density at radius 1 is 1.08 bits per heavy atom. The maximum absolute atomic E-state index is 6.20. The standard InChI is InChI=1S/C17H13BrCl2N4S/c18-12-2-5-14(6-3-12)22-17(25)23-15-8-21-24(10-15)9-11-1-4-13(19)7-16(11)20/h1-8,10H,9H2,(H2,22,23,25). The van der Waals surface area contributed by atoms with Crippen LogP contribution in [-0.4, -0.2) is 14.9 Å². The second-order valence-corrected chi connectivity index (χ2v) is 7.42. The van der Waals surface area contributed by atoms with Crippen LogP contribution in [0.3, 0.4) is 0 Å². The van der Waals surface area contributed by atoms with Gasteiger partial charge in [-0.3, -0.25) is 4.68 Å². The quantitative estimate of drug-likeness (QED) is 0.487. The molecule has 0 bridgehead atoms. The van der Waals surface area contributed by atoms with Crippen LogP contribution in [0.4, 0.5) is 11.4 Å². The number of rotatable bonds is 4. The lowest BCUT2D eigenvalue weighted by molar-refractivity contribution is 0.687. The van der Waals surface area contributed by atoms with Crippen LogP contribution in [0.15, 0.2) is 59.3 Å². The average molecular weight is 456 g/mol. The number of aromatic nitrogens is 2. The van der Waals surface area contributed by atoms with Crippen molar-refractivity contribution in [3.05, 3.63) is 74.9 Å². The van der Waals surface area contributed by atoms with Gasteiger partial charge in [-0.05, 0) is 54.2 Å². The summed E-state index contributed by atoms with van der Waals surface area (Å²) < 4.78 is 2.79. The van der Waals surface area contributed by atoms with Crippen LogP contribution in [0, 0.1) is 0 Å². The Hall–Kier alpha value is -1.60. The topological polar surface area (TPSA) is 41.9 Å². The van der Waals surface area contributed by atoms with E-state index in [-0.39, 0.29) is 0 Å². The number of nitrogens with one attached hydrogen (secondary N) is 2. The molecule has 1 aromatic heterocycles. The molecule has 0 atom stereocenters. The van der Waals surface area contributed by atoms with Gasteiger partial charge in [-0.1, -0.05) is 45.2 Å². The molecule has 0 unspecified atom stereocenters. The Kier molecular flexibility index (Phi) is 5.96. The molecule has 2 N–H and O–H groups in total. The van der Waals surface area contributed by atoms with E-state index in [9.17, 15) is 0 Å². The van der Waals surface area contributed by atoms with Crippen LogP contribution >= 0.6 is 51.3 Å². The molecule has 3 rings (SSSR count). The molecule has 0 spiro atoms. The van der Waals surface area contributed by atoms with E-state index in [4.69, 9.17) is 35.4 Å². The van der Waals surface area contributed by atoms with Gasteiger partial charge in [0.2, 0.25) is 0 Å². The second kappa shape index (κ2) is 8.19. The van der Waals surface area contributed by atoms with Gasteiger partial charge < -0.3 is 10.6 Å². The molecule has 25 heavy (non-hydrogen) atoms. The highest BCUT2D eigenvalue weighted by Gasteiger charge is 2.06. The zero-order valence-electron chi connectivity index (χ0n) is 12.8. The molecular weight excluding hydrogens is 443 g/mol. The summed E-state index contributed by atoms with van der Waals surface area (Å²) in [6.45, 7) is 0.546. The van der Waals surface area contributed by atoms with Gasteiger partial charge in [0.05, 0.1) is 18.4 Å². The molecule has 8 heteroatoms. The fraction of sp³-hybridized carbons (Fsp3) is 0.0588. The number of benzene rings is 2. The lowest BCUT2D eigenvalue weighted by Gasteiger charge is -2.09. The van der Waals surface area contributed by atoms with Crippen molar-refractivity contribution in [2.24, 2.45) is 0 Å². The highest BCUT2D eigenvalue weighted by Crippen LogP contribution is 2.22. The van der Waals surface area contributed by atoms with Gasteiger partial charge in [-0.2, -0.15) is 5.10 Å². The Labute approximate surface area is 169 Å². The molecule has 0 saturated heterocycles. The third-order valence-corrected chi connectivity index (χ3v) is 4.66. The zero-order valence-corrected chi connectivity index (χ0v) is 16.8. The molecule has 0 aliphatic heterocycles. The maximum atomic E-state index is 6.20. The van der Waals surface area contributed by atoms with Gasteiger partial charge in [0.1, 0.15) is 0 Å². The summed E-state index contributed by atoms with van der Waals surface area (Å²) in [4.78, 5) is 0. The van der Waals surface area contributed by atoms with Crippen molar-refractivity contribution < 1.29 is 0 Å². The molecule has 2 aromatic carbocycles. The summed E-state index contributed by atoms with van der Waals surface area (Å²) in [5.74, 6) is 0. The third kappa shape index (κ3) is 5.19. The van der Waals surface area contributed by atoms with Crippen LogP contribution in [0.2, 0.25) is 10.0 Å². The number of halogens is 3. The molecule has 0 amide bonds. The first-order valence-electron chi connectivity index (χ1n) is 7.29. The molecule has 4 nitrogen and oxygen atoms in total. The Balaban J connectivity index is 1.61. The molecular formula is C17H13BrCl2N4S. The monoisotopic (exact) mass is 454 g/mol. The lowest BCUT2D eigenvalue weighted by atomic mass is 10.2. The predicted octanol–water partition coefficient (Wildman–Crippen LogP) is 5.81. The molecule has 0 radical (unpaired) electrons. The lowest BCUT2D eigenvalue weighted by Crippen LogP contribution is -2.18. The van der Waals surface area contributed by atoms with Crippen molar-refractivity contribution in [3.63, 3.8) is 0 Å². The fourth-order valence-electron chi connectivity index (χ4n) is 2.17. The minimum Gasteiger partial charge on any atom is -0.332 e. The van der Waals surface area contributed by atoms with Crippen molar-refractivity contribution in [1.29, 1.82) is 0 Å². The summed E-state index contributed by atoms with van der Waals surface area (Å²) in [7, 11) is 0. The van der Waals surface area contributed by atoms with Gasteiger partial charge in [0, 0.05) is 26.4 Å². The fourth-order valence-corrected chi connectivity index (χ4v) is 3.13. The summed E-state index contributed by atoms with van der Waals surface area (Å²) in [6.07, 6.45) is 3.57. The van der Waals surface area contributed by atoms with Gasteiger partial charge in [0.15, 0.2) is 5.11 Å². The van der Waals surface area contributed by atoms with Crippen LogP contribution in [-0.2, 0) is 6.54 Å². The molecule has 0 aliphatic rings. The first kappa shape index (κ1) is 18.2. The summed E-state index contributed by atoms with van der Waals surface area (Å²) in [5, 5.41) is 12.3. The van der Waals surface area contributed by atoms with Gasteiger partial charge >= 0.3 is 0 Å². The van der Waals surface area contributed by atoms with E-state index >= 15 is 0 Å². The van der Waals surface area contributed by atoms with E-state index in [0.717, 1.165) is 21.4 Å². The van der Waals surface area contributed by atoms with Crippen molar-refractivity contribution in [1.82, 2.24) is 9.78 Å². The number of anilines is 2. The molecule has 0 fully saturated rings. The predicted molar refractivity (Wildman–Crippen MR) is 112 cm³/mol. The van der Waals surface area contributed by atoms with Crippen molar-refractivity contribution >= 4 is 67.8 Å². The Morgan fingerprint density at radius 3 is 2.52 bits per heavy atom. The van der Waals surface area contributed by atoms with Crippen molar-refractivity contribution in [2.75, 3.05) is 10.6 Å². The number of nitrogens with zero attached hydrogens (tertiary/aromatic N) is 2. The highest BCUT2D eigenvalue weighted by molar-refractivity contribution is 9.10. The number of hydrogen-bond acceptors (Lipinski definition) is 2. The summed E-state index contributed by atoms with van der Waals surface area (Å²) in [6, 6.07) is 13.2. The van der Waals surface area contributed by atoms with E-state index in [1.807, 2.05) is 42.6 Å². The molecule has 128 valence electrons. The van der Waals surface area contributed by atoms with E-state index in [1.54, 1.807) is 16.9 Å². The maximum Gasteiger partial charge on any atom is 0.175 e. The first-order chi connectivity index (χ1) is 12.0. The summed E-state index contributed by atoms with van der Waals surface area (Å²) >= 11 is 20.8. The van der Waals surface area contributed by atoms with Gasteiger partial charge in [0.25, 0.3) is 0 Å². The van der Waals surface area contributed by atoms with Crippen LogP contribution < -0.4 is 10.6 Å². The minimum absolute atomic E-state index is 0.492. The number of thiocarbonyl (C=S) groups is 1. The van der Waals surface area contributed by atoms with Crippen LogP contribution in [0.1, 0.15) is 5.56 Å². The Bertz CT molecular complexity index is 896. The SMILES string of the molecule is S=C(Nc1ccc(Br)cc1)Nc1cnn(Cc2ccc(Cl)cc2Cl)c1. The second-order valence-electron chi connectivity index (χ2n) is 5.25. The first-order valence-corrected chi connectivity index (χ1v) is 9.25. The third-order valence-electron chi connectivity index (χ3n) is 3.34. The molecule has 0 saturated carbocycles. The highest BCUT2D eigenvalue weighted by atomic mass is 79.9. The van der Waals surface area contributed by atoms with E-state index < -0.39 is 0 Å². The van der Waals surface area contributed by atoms with Crippen molar-refractivity contribution in [3.8, 4) is 0 Å². The normalized spacial score (nSPS) is 10.5. The smallest absolute Gasteiger partial charge is 0.175 e. The van der Waals surface area contributed by atoms with Gasteiger partial charge in [-0.25, -0.2) is 0 Å². The van der Waals surface area contributed by atoms with Crippen molar-refractivity contribution in [2.45, 2.75) is 6.54 Å².